The summed E-state index contributed by atoms with van der Waals surface area (Å²) in [5.74, 6) is -0.307. The summed E-state index contributed by atoms with van der Waals surface area (Å²) in [6.45, 7) is 0. The first-order valence-corrected chi connectivity index (χ1v) is 5.86. The van der Waals surface area contributed by atoms with Gasteiger partial charge in [0.25, 0.3) is 0 Å². The highest BCUT2D eigenvalue weighted by atomic mass is 79.9. The number of nitrogens with zero attached hydrogens (tertiary/aromatic N) is 1. The molecule has 4 heteroatoms. The molecule has 15 heavy (non-hydrogen) atoms. The fourth-order valence-electron chi connectivity index (χ4n) is 1.83. The first kappa shape index (κ1) is 10.7. The van der Waals surface area contributed by atoms with Gasteiger partial charge in [-0.25, -0.2) is 4.39 Å². The summed E-state index contributed by atoms with van der Waals surface area (Å²) in [7, 11) is 2.01. The number of hydrogen-bond donors (Lipinski definition) is 1. The summed E-state index contributed by atoms with van der Waals surface area (Å²) in [5, 5.41) is 0. The monoisotopic (exact) mass is 272 g/mol. The Morgan fingerprint density at radius 2 is 2.13 bits per heavy atom. The highest BCUT2D eigenvalue weighted by molar-refractivity contribution is 9.10. The zero-order valence-electron chi connectivity index (χ0n) is 8.63. The third kappa shape index (κ3) is 1.95. The maximum atomic E-state index is 13.2. The number of hydrogen-bond acceptors (Lipinski definition) is 2. The van der Waals surface area contributed by atoms with Crippen LogP contribution in [0.3, 0.4) is 0 Å². The zero-order valence-corrected chi connectivity index (χ0v) is 10.2. The summed E-state index contributed by atoms with van der Waals surface area (Å²) < 4.78 is 13.6. The topological polar surface area (TPSA) is 29.3 Å². The van der Waals surface area contributed by atoms with Crippen molar-refractivity contribution in [1.29, 1.82) is 0 Å². The molecule has 0 heterocycles. The van der Waals surface area contributed by atoms with Crippen molar-refractivity contribution in [2.75, 3.05) is 17.7 Å². The summed E-state index contributed by atoms with van der Waals surface area (Å²) >= 11 is 3.18. The maximum absolute atomic E-state index is 13.2. The minimum Gasteiger partial charge on any atom is -0.397 e. The minimum atomic E-state index is -0.307. The third-order valence-electron chi connectivity index (χ3n) is 3.07. The average molecular weight is 273 g/mol. The molecule has 1 fully saturated rings. The Kier molecular flexibility index (Phi) is 2.87. The van der Waals surface area contributed by atoms with Gasteiger partial charge in [0.05, 0.1) is 15.8 Å². The zero-order chi connectivity index (χ0) is 11.0. The van der Waals surface area contributed by atoms with Gasteiger partial charge < -0.3 is 10.6 Å². The number of nitrogens with two attached hydrogens (primary N) is 1. The Balaban J connectivity index is 2.30. The molecule has 2 N–H and O–H groups in total. The van der Waals surface area contributed by atoms with Gasteiger partial charge in [-0.3, -0.25) is 0 Å². The Hall–Kier alpha value is -0.770. The summed E-state index contributed by atoms with van der Waals surface area (Å²) in [6, 6.07) is 3.68. The summed E-state index contributed by atoms with van der Waals surface area (Å²) in [6.07, 6.45) is 3.67. The van der Waals surface area contributed by atoms with E-state index in [4.69, 9.17) is 5.73 Å². The van der Waals surface area contributed by atoms with Gasteiger partial charge in [0, 0.05) is 19.2 Å². The molecule has 0 aliphatic heterocycles. The average Bonchev–Trinajstić information content (AvgIpc) is 2.08. The second-order valence-electron chi connectivity index (χ2n) is 4.02. The van der Waals surface area contributed by atoms with Crippen molar-refractivity contribution in [2.45, 2.75) is 25.3 Å². The lowest BCUT2D eigenvalue weighted by atomic mass is 9.91. The molecule has 0 saturated heterocycles. The molecule has 0 aromatic heterocycles. The lowest BCUT2D eigenvalue weighted by Crippen LogP contribution is -2.37. The first-order chi connectivity index (χ1) is 7.09. The number of anilines is 2. The fraction of sp³-hybridized carbons (Fsp3) is 0.455. The molecule has 0 atom stereocenters. The molecule has 1 aliphatic rings. The van der Waals surface area contributed by atoms with Crippen molar-refractivity contribution in [2.24, 2.45) is 0 Å². The molecule has 0 amide bonds. The van der Waals surface area contributed by atoms with Crippen LogP contribution in [0.4, 0.5) is 15.8 Å². The molecule has 1 aliphatic carbocycles. The van der Waals surface area contributed by atoms with Crippen LogP contribution in [-0.2, 0) is 0 Å². The standard InChI is InChI=1S/C11H14BrFN2/c1-15(7-3-2-4-7)11-5-8(12)9(13)6-10(11)14/h5-7H,2-4,14H2,1H3. The molecule has 0 unspecified atom stereocenters. The SMILES string of the molecule is CN(c1cc(Br)c(F)cc1N)C1CCC1. The van der Waals surface area contributed by atoms with Crippen LogP contribution in [0.1, 0.15) is 19.3 Å². The molecular formula is C11H14BrFN2. The van der Waals surface area contributed by atoms with Crippen LogP contribution < -0.4 is 10.6 Å². The maximum Gasteiger partial charge on any atom is 0.139 e. The van der Waals surface area contributed by atoms with Crippen LogP contribution in [0.15, 0.2) is 16.6 Å². The summed E-state index contributed by atoms with van der Waals surface area (Å²) in [4.78, 5) is 2.14. The van der Waals surface area contributed by atoms with Crippen molar-refractivity contribution in [3.8, 4) is 0 Å². The van der Waals surface area contributed by atoms with Crippen LogP contribution in [-0.4, -0.2) is 13.1 Å². The van der Waals surface area contributed by atoms with E-state index in [1.165, 1.54) is 25.3 Å². The van der Waals surface area contributed by atoms with Crippen LogP contribution in [0.25, 0.3) is 0 Å². The predicted octanol–water partition coefficient (Wildman–Crippen LogP) is 3.16. The lowest BCUT2D eigenvalue weighted by Gasteiger charge is -2.37. The molecule has 2 nitrogen and oxygen atoms in total. The highest BCUT2D eigenvalue weighted by Gasteiger charge is 2.23. The lowest BCUT2D eigenvalue weighted by molar-refractivity contribution is 0.401. The van der Waals surface area contributed by atoms with Crippen LogP contribution >= 0.6 is 15.9 Å². The quantitative estimate of drug-likeness (QED) is 0.839. The van der Waals surface area contributed by atoms with Crippen LogP contribution in [0, 0.1) is 5.82 Å². The van der Waals surface area contributed by atoms with E-state index >= 15 is 0 Å². The Labute approximate surface area is 97.4 Å². The molecule has 1 aromatic rings. The van der Waals surface area contributed by atoms with Crippen molar-refractivity contribution in [3.63, 3.8) is 0 Å². The second kappa shape index (κ2) is 4.00. The Bertz CT molecular complexity index is 377. The second-order valence-corrected chi connectivity index (χ2v) is 4.88. The van der Waals surface area contributed by atoms with Gasteiger partial charge in [-0.2, -0.15) is 0 Å². The van der Waals surface area contributed by atoms with Crippen molar-refractivity contribution in [1.82, 2.24) is 0 Å². The Morgan fingerprint density at radius 3 is 2.67 bits per heavy atom. The molecule has 1 saturated carbocycles. The van der Waals surface area contributed by atoms with E-state index in [9.17, 15) is 4.39 Å². The van der Waals surface area contributed by atoms with E-state index in [-0.39, 0.29) is 5.82 Å². The van der Waals surface area contributed by atoms with E-state index < -0.39 is 0 Å². The minimum absolute atomic E-state index is 0.307. The van der Waals surface area contributed by atoms with E-state index in [2.05, 4.69) is 20.8 Å². The highest BCUT2D eigenvalue weighted by Crippen LogP contribution is 2.34. The van der Waals surface area contributed by atoms with Crippen molar-refractivity contribution < 1.29 is 4.39 Å². The molecule has 1 aromatic carbocycles. The molecule has 0 bridgehead atoms. The fourth-order valence-corrected chi connectivity index (χ4v) is 2.16. The molecular weight excluding hydrogens is 259 g/mol. The van der Waals surface area contributed by atoms with E-state index in [1.54, 1.807) is 6.07 Å². The van der Waals surface area contributed by atoms with Gasteiger partial charge in [-0.15, -0.1) is 0 Å². The van der Waals surface area contributed by atoms with E-state index in [0.717, 1.165) is 5.69 Å². The van der Waals surface area contributed by atoms with Crippen molar-refractivity contribution >= 4 is 27.3 Å². The number of benzene rings is 1. The molecule has 0 radical (unpaired) electrons. The van der Waals surface area contributed by atoms with Gasteiger partial charge in [0.15, 0.2) is 0 Å². The van der Waals surface area contributed by atoms with Gasteiger partial charge in [0.2, 0.25) is 0 Å². The van der Waals surface area contributed by atoms with Gasteiger partial charge in [0.1, 0.15) is 5.82 Å². The first-order valence-electron chi connectivity index (χ1n) is 5.07. The molecule has 2 rings (SSSR count). The predicted molar refractivity (Wildman–Crippen MR) is 64.6 cm³/mol. The Morgan fingerprint density at radius 1 is 1.47 bits per heavy atom. The third-order valence-corrected chi connectivity index (χ3v) is 3.68. The van der Waals surface area contributed by atoms with Crippen LogP contribution in [0.5, 0.6) is 0 Å². The van der Waals surface area contributed by atoms with E-state index in [1.807, 2.05) is 7.05 Å². The smallest absolute Gasteiger partial charge is 0.139 e. The number of nitrogen functional groups attached to an aromatic ring is 1. The molecule has 82 valence electrons. The van der Waals surface area contributed by atoms with Gasteiger partial charge in [-0.1, -0.05) is 0 Å². The summed E-state index contributed by atoms with van der Waals surface area (Å²) in [5.41, 5.74) is 7.22. The van der Waals surface area contributed by atoms with Gasteiger partial charge >= 0.3 is 0 Å². The van der Waals surface area contributed by atoms with Gasteiger partial charge in [-0.05, 0) is 41.3 Å². The number of rotatable bonds is 2. The van der Waals surface area contributed by atoms with E-state index in [0.29, 0.717) is 16.2 Å². The number of halogens is 2. The van der Waals surface area contributed by atoms with Crippen LogP contribution in [0.2, 0.25) is 0 Å². The normalized spacial score (nSPS) is 16.2. The van der Waals surface area contributed by atoms with Crippen molar-refractivity contribution in [3.05, 3.63) is 22.4 Å². The largest absolute Gasteiger partial charge is 0.397 e. The molecule has 0 spiro atoms.